The zero-order valence-corrected chi connectivity index (χ0v) is 71.5. The Balaban J connectivity index is 0.787. The summed E-state index contributed by atoms with van der Waals surface area (Å²) in [6.45, 7) is 56.5. The monoisotopic (exact) mass is 1500 g/mol. The maximum Gasteiger partial charge on any atom is 0.261 e. The third-order valence-electron chi connectivity index (χ3n) is 26.2. The average Bonchev–Trinajstić information content (AvgIpc) is 1.55. The molecule has 2 aliphatic heterocycles. The van der Waals surface area contributed by atoms with Crippen LogP contribution in [-0.2, 0) is 52.9 Å². The van der Waals surface area contributed by atoms with Crippen molar-refractivity contribution >= 4 is 122 Å². The molecule has 17 rings (SSSR count). The third-order valence-corrected chi connectivity index (χ3v) is 26.2. The van der Waals surface area contributed by atoms with Crippen LogP contribution in [0.5, 0.6) is 0 Å². The number of hydrogen-bond donors (Lipinski definition) is 0. The molecule has 1 saturated carbocycles. The van der Waals surface area contributed by atoms with Gasteiger partial charge < -0.3 is 18.3 Å². The molecular weight excluding hydrogens is 1390 g/mol. The molecule has 0 bridgehead atoms. The van der Waals surface area contributed by atoms with E-state index in [0.29, 0.717) is 42.4 Å². The van der Waals surface area contributed by atoms with Crippen LogP contribution in [0.25, 0.3) is 110 Å². The number of aromatic nitrogens is 4. The Kier molecular flexibility index (Phi) is 16.7. The molecule has 0 spiro atoms. The highest BCUT2D eigenvalue weighted by atomic mass is 16.2. The minimum Gasteiger partial charge on any atom is -0.311 e. The number of hydrogen-bond acceptors (Lipinski definition) is 4. The minimum absolute atomic E-state index is 0.128. The van der Waals surface area contributed by atoms with E-state index in [1.54, 1.807) is 4.90 Å². The number of likely N-dealkylation sites (tertiary alicyclic amines) is 1. The summed E-state index contributed by atoms with van der Waals surface area (Å²) in [5.74, 6) is -2.39. The number of benzene rings is 9. The predicted octanol–water partition coefficient (Wildman–Crippen LogP) is 25.5. The number of nitrogens with zero attached hydrogens (tertiary/aromatic N) is 6. The van der Waals surface area contributed by atoms with Crippen LogP contribution in [0.1, 0.15) is 264 Å². The number of rotatable bonds is 6. The van der Waals surface area contributed by atoms with Crippen molar-refractivity contribution in [2.45, 2.75) is 254 Å². The van der Waals surface area contributed by atoms with Crippen LogP contribution in [0.4, 0.5) is 0 Å². The first-order valence-corrected chi connectivity index (χ1v) is 41.5. The lowest BCUT2D eigenvalue weighted by Crippen LogP contribution is -2.48. The van der Waals surface area contributed by atoms with Gasteiger partial charge in [-0.15, -0.1) is 0 Å². The summed E-state index contributed by atoms with van der Waals surface area (Å²) in [7, 11) is 0. The molecule has 4 amide bonds. The van der Waals surface area contributed by atoms with Gasteiger partial charge in [-0.25, -0.2) is 0 Å². The molecule has 2 fully saturated rings. The van der Waals surface area contributed by atoms with Gasteiger partial charge in [-0.1, -0.05) is 222 Å². The van der Waals surface area contributed by atoms with Crippen molar-refractivity contribution in [3.8, 4) is 11.4 Å². The molecule has 10 heteroatoms. The quantitative estimate of drug-likeness (QED) is 0.155. The summed E-state index contributed by atoms with van der Waals surface area (Å²) in [5.41, 5.74) is 21.6. The van der Waals surface area contributed by atoms with Crippen LogP contribution in [0.2, 0.25) is 0 Å². The second kappa shape index (κ2) is 25.0. The normalized spacial score (nSPS) is 18.8. The zero-order chi connectivity index (χ0) is 80.9. The van der Waals surface area contributed by atoms with Crippen LogP contribution in [0, 0.1) is 11.8 Å². The van der Waals surface area contributed by atoms with Crippen molar-refractivity contribution in [2.24, 2.45) is 11.8 Å². The molecule has 13 aromatic rings. The highest BCUT2D eigenvalue weighted by Crippen LogP contribution is 2.53. The van der Waals surface area contributed by atoms with Crippen molar-refractivity contribution < 1.29 is 19.2 Å². The van der Waals surface area contributed by atoms with Gasteiger partial charge >= 0.3 is 0 Å². The Morgan fingerprint density at radius 2 is 0.504 bits per heavy atom. The molecule has 0 N–H and O–H groups in total. The molecule has 2 aliphatic carbocycles. The lowest BCUT2D eigenvalue weighted by atomic mass is 9.80. The maximum atomic E-state index is 16.2. The first kappa shape index (κ1) is 75.6. The van der Waals surface area contributed by atoms with Crippen molar-refractivity contribution in [2.75, 3.05) is 0 Å². The molecule has 2 unspecified atom stereocenters. The Hall–Kier alpha value is -10.1. The summed E-state index contributed by atoms with van der Waals surface area (Å²) in [4.78, 5) is 67.4. The SMILES string of the molecule is CC1C(n2c3ccc(C(C)(C)C)cc3c3cc(C(C)(C)C)ccc32)=C(n2c3ccc(C(C)(C)C)cc3c3cc(C(C)(C)C)ccc32)C=C2C(=O)N(C3CCC(N4C(=O)c5cc(-n6c7ccc(C(C)(C)C)cc7c7cc(C(C)(C)C)ccc76)c(-n6c7ccc(C(C)(C)C)cc7c7cc(C(C)(C)C)ccc76)cc5C4=O)CC3)C(=O)C21. The first-order chi connectivity index (χ1) is 52.7. The summed E-state index contributed by atoms with van der Waals surface area (Å²) in [5, 5.41) is 9.04. The number of carbonyl (C=O) groups is 4. The molecule has 1 saturated heterocycles. The average molecular weight is 1500 g/mol. The smallest absolute Gasteiger partial charge is 0.261 e. The van der Waals surface area contributed by atoms with Crippen LogP contribution < -0.4 is 0 Å². The number of allylic oxidation sites excluding steroid dienone is 3. The van der Waals surface area contributed by atoms with E-state index in [1.807, 2.05) is 12.1 Å². The Morgan fingerprint density at radius 1 is 0.274 bits per heavy atom. The summed E-state index contributed by atoms with van der Waals surface area (Å²) in [6, 6.07) is 58.2. The number of imide groups is 2. The Labute approximate surface area is 667 Å². The van der Waals surface area contributed by atoms with Crippen LogP contribution in [-0.4, -0.2) is 63.8 Å². The Bertz CT molecular complexity index is 5920. The van der Waals surface area contributed by atoms with Crippen LogP contribution in [0.15, 0.2) is 169 Å². The molecule has 6 heterocycles. The van der Waals surface area contributed by atoms with E-state index in [9.17, 15) is 0 Å². The van der Waals surface area contributed by atoms with Crippen molar-refractivity contribution in [3.63, 3.8) is 0 Å². The summed E-state index contributed by atoms with van der Waals surface area (Å²) < 4.78 is 9.52. The second-order valence-corrected chi connectivity index (χ2v) is 42.2. The third kappa shape index (κ3) is 11.9. The molecule has 113 heavy (non-hydrogen) atoms. The standard InChI is InChI=1S/C103H114N6O4/c1-57-90-78(56-89(108-83-42-30-62(100(14,15)16)50-72(83)73-51-63(101(17,18)19)31-43-84(73)108)91(57)109-85-44-32-64(102(20,21)22)52-74(85)75-53-65(103(23,24)25)33-45-86(75)109)94(112)105(95(90)113)67-36-34-66(35-37-67)104-92(110)76-54-87(106-79-38-26-58(96(2,3)4)46-68(79)69-47-59(97(5,6)7)27-39-80(69)106)88(55-77(76)93(104)111)107-81-40-28-60(98(8,9)10)48-70(81)71-49-61(99(11,12)13)29-41-82(71)107/h26-33,38-57,66-67,90H,34-37H2,1-25H3. The molecule has 4 aliphatic rings. The van der Waals surface area contributed by atoms with Crippen molar-refractivity contribution in [1.82, 2.24) is 28.1 Å². The zero-order valence-electron chi connectivity index (χ0n) is 71.5. The molecular formula is C103H114N6O4. The first-order valence-electron chi connectivity index (χ1n) is 41.5. The van der Waals surface area contributed by atoms with Gasteiger partial charge in [0.15, 0.2) is 0 Å². The van der Waals surface area contributed by atoms with E-state index in [-0.39, 0.29) is 66.9 Å². The fraction of sp³-hybridized carbons (Fsp3) is 0.398. The van der Waals surface area contributed by atoms with E-state index >= 15 is 19.2 Å². The molecule has 10 nitrogen and oxygen atoms in total. The van der Waals surface area contributed by atoms with Gasteiger partial charge in [-0.2, -0.15) is 0 Å². The second-order valence-electron chi connectivity index (χ2n) is 42.2. The summed E-state index contributed by atoms with van der Waals surface area (Å²) >= 11 is 0. The highest BCUT2D eigenvalue weighted by molar-refractivity contribution is 6.24. The maximum absolute atomic E-state index is 16.2. The fourth-order valence-electron chi connectivity index (χ4n) is 19.2. The largest absolute Gasteiger partial charge is 0.311 e. The van der Waals surface area contributed by atoms with Crippen LogP contribution in [0.3, 0.4) is 0 Å². The molecule has 0 radical (unpaired) electrons. The van der Waals surface area contributed by atoms with Crippen LogP contribution >= 0.6 is 0 Å². The molecule has 4 aromatic heterocycles. The van der Waals surface area contributed by atoms with Gasteiger partial charge in [-0.05, 0) is 229 Å². The molecule has 9 aromatic carbocycles. The van der Waals surface area contributed by atoms with E-state index in [0.717, 1.165) is 110 Å². The van der Waals surface area contributed by atoms with Gasteiger partial charge in [0, 0.05) is 66.7 Å². The van der Waals surface area contributed by atoms with Gasteiger partial charge in [0.1, 0.15) is 0 Å². The Morgan fingerprint density at radius 3 is 0.752 bits per heavy atom. The predicted molar refractivity (Wildman–Crippen MR) is 472 cm³/mol. The highest BCUT2D eigenvalue weighted by Gasteiger charge is 2.54. The van der Waals surface area contributed by atoms with Gasteiger partial charge in [-0.3, -0.25) is 29.0 Å². The lowest BCUT2D eigenvalue weighted by molar-refractivity contribution is -0.143. The topological polar surface area (TPSA) is 94.5 Å². The number of amides is 4. The van der Waals surface area contributed by atoms with E-state index < -0.39 is 23.9 Å². The number of fused-ring (bicyclic) bond motifs is 14. The molecule has 2 atom stereocenters. The minimum atomic E-state index is -0.784. The number of carbonyl (C=O) groups excluding carboxylic acids is 4. The van der Waals surface area contributed by atoms with E-state index in [4.69, 9.17) is 0 Å². The lowest BCUT2D eigenvalue weighted by Gasteiger charge is -2.36. The van der Waals surface area contributed by atoms with Crippen molar-refractivity contribution in [1.29, 1.82) is 0 Å². The van der Waals surface area contributed by atoms with Crippen molar-refractivity contribution in [3.05, 3.63) is 225 Å². The fourth-order valence-corrected chi connectivity index (χ4v) is 19.2. The van der Waals surface area contributed by atoms with E-state index in [2.05, 4.69) is 343 Å². The van der Waals surface area contributed by atoms with E-state index in [1.165, 1.54) is 49.4 Å². The van der Waals surface area contributed by atoms with Gasteiger partial charge in [0.25, 0.3) is 17.7 Å². The van der Waals surface area contributed by atoms with Gasteiger partial charge in [0.05, 0.1) is 83.9 Å². The van der Waals surface area contributed by atoms with Gasteiger partial charge in [0.2, 0.25) is 5.91 Å². The summed E-state index contributed by atoms with van der Waals surface area (Å²) in [6.07, 6.45) is 3.77. The molecule has 580 valence electrons.